The van der Waals surface area contributed by atoms with Gasteiger partial charge in [0.25, 0.3) is 0 Å². The lowest BCUT2D eigenvalue weighted by Gasteiger charge is -2.48. The summed E-state index contributed by atoms with van der Waals surface area (Å²) in [6, 6.07) is 1.26. The summed E-state index contributed by atoms with van der Waals surface area (Å²) in [5, 5.41) is 25.3. The van der Waals surface area contributed by atoms with Crippen molar-refractivity contribution in [3.05, 3.63) is 17.2 Å². The van der Waals surface area contributed by atoms with E-state index in [0.29, 0.717) is 5.69 Å². The first kappa shape index (κ1) is 28.2. The first-order valence-corrected chi connectivity index (χ1v) is 11.8. The normalized spacial score (nSPS) is 28.4. The lowest BCUT2D eigenvalue weighted by atomic mass is 9.53. The third kappa shape index (κ3) is 4.54. The first-order valence-electron chi connectivity index (χ1n) is 11.8. The number of aliphatic hydroxyl groups is 1. The molecule has 15 heteroatoms. The fraction of sp³-hybridized carbons (Fsp3) is 0.500. The Balaban J connectivity index is 1.76. The van der Waals surface area contributed by atoms with Crippen LogP contribution in [0.5, 0.6) is 5.75 Å². The van der Waals surface area contributed by atoms with Crippen molar-refractivity contribution in [3.8, 4) is 5.75 Å². The molecular weight excluding hydrogens is 529 g/mol. The molecule has 39 heavy (non-hydrogen) atoms. The number of rotatable bonds is 5. The smallest absolute Gasteiger partial charge is 0.457 e. The van der Waals surface area contributed by atoms with Crippen LogP contribution in [0.25, 0.3) is 0 Å². The number of nitrogens with zero attached hydrogens (tertiary/aromatic N) is 1. The van der Waals surface area contributed by atoms with Crippen molar-refractivity contribution in [1.29, 1.82) is 0 Å². The van der Waals surface area contributed by atoms with Crippen molar-refractivity contribution in [2.24, 2.45) is 29.4 Å². The number of primary amides is 1. The molecule has 12 nitrogen and oxygen atoms in total. The molecule has 2 amide bonds. The zero-order valence-electron chi connectivity index (χ0n) is 20.7. The number of nitrogens with two attached hydrogens (primary N) is 1. The minimum absolute atomic E-state index is 0.00336. The van der Waals surface area contributed by atoms with Crippen molar-refractivity contribution in [2.45, 2.75) is 31.2 Å². The summed E-state index contributed by atoms with van der Waals surface area (Å²) in [7, 11) is 3.15. The molecule has 0 heterocycles. The summed E-state index contributed by atoms with van der Waals surface area (Å²) in [5.41, 5.74) is 2.12. The van der Waals surface area contributed by atoms with Crippen LogP contribution in [0, 0.1) is 23.7 Å². The molecular formula is C24H25F3N4O8. The highest BCUT2D eigenvalue weighted by Gasteiger charge is 2.66. The molecule has 6 N–H and O–H groups in total. The van der Waals surface area contributed by atoms with Crippen LogP contribution < -0.4 is 21.3 Å². The number of amides is 2. The number of ketones is 4. The minimum atomic E-state index is -4.84. The maximum absolute atomic E-state index is 13.7. The van der Waals surface area contributed by atoms with Crippen LogP contribution in [0.3, 0.4) is 0 Å². The molecule has 2 unspecified atom stereocenters. The second kappa shape index (κ2) is 9.41. The number of halogens is 3. The van der Waals surface area contributed by atoms with E-state index in [9.17, 15) is 52.2 Å². The zero-order chi connectivity index (χ0) is 29.2. The summed E-state index contributed by atoms with van der Waals surface area (Å²) in [4.78, 5) is 78.1. The molecule has 3 aliphatic carbocycles. The summed E-state index contributed by atoms with van der Waals surface area (Å²) in [6.07, 6.45) is -5.43. The van der Waals surface area contributed by atoms with E-state index in [-0.39, 0.29) is 18.4 Å². The predicted molar refractivity (Wildman–Crippen MR) is 126 cm³/mol. The molecule has 0 radical (unpaired) electrons. The molecule has 1 aromatic rings. The minimum Gasteiger partial charge on any atom is -0.505 e. The van der Waals surface area contributed by atoms with Gasteiger partial charge in [-0.05, 0) is 30.4 Å². The van der Waals surface area contributed by atoms with Crippen LogP contribution in [0.4, 0.5) is 24.5 Å². The number of Topliss-reactive ketones (excluding diaryl/α,β-unsaturated/α-hetero) is 4. The van der Waals surface area contributed by atoms with E-state index in [1.165, 1.54) is 11.0 Å². The Kier molecular flexibility index (Phi) is 6.80. The molecule has 0 spiro atoms. The number of alkyl halides is 3. The largest absolute Gasteiger partial charge is 0.505 e. The highest BCUT2D eigenvalue weighted by atomic mass is 19.4. The average molecular weight is 554 g/mol. The predicted octanol–water partition coefficient (Wildman–Crippen LogP) is -0.559. The Hall–Kier alpha value is -3.85. The topological polar surface area (TPSA) is 196 Å². The van der Waals surface area contributed by atoms with Gasteiger partial charge in [-0.25, -0.2) is 5.32 Å². The van der Waals surface area contributed by atoms with Gasteiger partial charge in [-0.2, -0.15) is 13.2 Å². The van der Waals surface area contributed by atoms with Crippen LogP contribution in [-0.2, 0) is 30.4 Å². The number of phenolic OH excluding ortho intramolecular Hbond substituents is 1. The van der Waals surface area contributed by atoms with Gasteiger partial charge in [-0.15, -0.1) is 0 Å². The maximum Gasteiger partial charge on any atom is 0.457 e. The first-order chi connectivity index (χ1) is 18.0. The molecule has 0 bridgehead atoms. The van der Waals surface area contributed by atoms with Crippen LogP contribution in [0.15, 0.2) is 6.07 Å². The maximum atomic E-state index is 13.7. The summed E-state index contributed by atoms with van der Waals surface area (Å²) in [6.45, 7) is -1.19. The van der Waals surface area contributed by atoms with E-state index < -0.39 is 100 Å². The number of hydrogen-bond donors (Lipinski definition) is 5. The van der Waals surface area contributed by atoms with Crippen molar-refractivity contribution in [3.63, 3.8) is 0 Å². The van der Waals surface area contributed by atoms with Crippen molar-refractivity contribution >= 4 is 46.3 Å². The third-order valence-electron chi connectivity index (χ3n) is 7.58. The number of carbonyl (C=O) groups excluding carboxylic acids is 6. The average Bonchev–Trinajstić information content (AvgIpc) is 2.80. The number of fused-ring (bicyclic) bond motifs is 3. The number of benzene rings is 1. The lowest BCUT2D eigenvalue weighted by Crippen LogP contribution is -2.68. The summed E-state index contributed by atoms with van der Waals surface area (Å²) in [5.74, 6) is -13.4. The van der Waals surface area contributed by atoms with Crippen molar-refractivity contribution < 1.29 is 52.2 Å². The molecule has 2 saturated carbocycles. The van der Waals surface area contributed by atoms with Crippen LogP contribution in [0.1, 0.15) is 28.8 Å². The monoisotopic (exact) mass is 554 g/mol. The third-order valence-corrected chi connectivity index (χ3v) is 7.58. The van der Waals surface area contributed by atoms with Crippen molar-refractivity contribution in [2.75, 3.05) is 30.9 Å². The zero-order valence-corrected chi connectivity index (χ0v) is 20.7. The molecule has 210 valence electrons. The van der Waals surface area contributed by atoms with Crippen LogP contribution >= 0.6 is 0 Å². The highest BCUT2D eigenvalue weighted by Crippen LogP contribution is 2.52. The quantitative estimate of drug-likeness (QED) is 0.179. The lowest BCUT2D eigenvalue weighted by molar-refractivity contribution is -0.175. The van der Waals surface area contributed by atoms with E-state index in [1.54, 1.807) is 14.1 Å². The van der Waals surface area contributed by atoms with Gasteiger partial charge in [0.1, 0.15) is 5.75 Å². The number of hydrogen-bond acceptors (Lipinski definition) is 10. The molecule has 1 aromatic carbocycles. The molecule has 0 aromatic heterocycles. The Morgan fingerprint density at radius 2 is 1.79 bits per heavy atom. The highest BCUT2D eigenvalue weighted by molar-refractivity contribution is 6.31. The SMILES string of the molecule is CN(C)c1cc(NC(=O)CNC(F)(F)F)c(O)c2c1C[C@H]1C[C@H]3CC(=O)C(C(N)=O)C(=O)[C@@]3(O)C(=O)C1C2=O. The van der Waals surface area contributed by atoms with E-state index >= 15 is 0 Å². The van der Waals surface area contributed by atoms with Gasteiger partial charge < -0.3 is 26.2 Å². The molecule has 0 saturated heterocycles. The molecule has 3 aliphatic rings. The second-order valence-corrected chi connectivity index (χ2v) is 10.2. The Morgan fingerprint density at radius 3 is 2.36 bits per heavy atom. The van der Waals surface area contributed by atoms with Gasteiger partial charge in [0.2, 0.25) is 11.8 Å². The van der Waals surface area contributed by atoms with E-state index in [0.717, 1.165) is 5.32 Å². The number of phenols is 1. The number of carbonyl (C=O) groups is 6. The standard InChI is InChI=1S/C24H25F3N4O8/c1-31(2)12-6-11(30-14(33)7-29-24(25,26)27)18(34)16-10(12)4-8-3-9-5-13(32)17(22(28)38)21(37)23(9,39)20(36)15(8)19(16)35/h6,8-9,15,17,29,34,39H,3-5,7H2,1-2H3,(H2,28,38)(H,30,33)/t8-,9+,15?,17?,23+/m1/s1. The number of nitrogens with one attached hydrogen (secondary N) is 2. The van der Waals surface area contributed by atoms with E-state index in [1.807, 2.05) is 0 Å². The van der Waals surface area contributed by atoms with Gasteiger partial charge in [-0.3, -0.25) is 28.8 Å². The van der Waals surface area contributed by atoms with Gasteiger partial charge in [0.15, 0.2) is 34.7 Å². The molecule has 2 fully saturated rings. The van der Waals surface area contributed by atoms with Gasteiger partial charge >= 0.3 is 6.30 Å². The van der Waals surface area contributed by atoms with Crippen molar-refractivity contribution in [1.82, 2.24) is 5.32 Å². The molecule has 0 aliphatic heterocycles. The van der Waals surface area contributed by atoms with Gasteiger partial charge in [0.05, 0.1) is 23.7 Å². The Bertz CT molecular complexity index is 1330. The fourth-order valence-corrected chi connectivity index (χ4v) is 5.88. The molecule has 5 atom stereocenters. The van der Waals surface area contributed by atoms with Gasteiger partial charge in [-0.1, -0.05) is 0 Å². The Morgan fingerprint density at radius 1 is 1.15 bits per heavy atom. The van der Waals surface area contributed by atoms with E-state index in [4.69, 9.17) is 5.73 Å². The second-order valence-electron chi connectivity index (χ2n) is 10.2. The molecule has 4 rings (SSSR count). The van der Waals surface area contributed by atoms with Crippen LogP contribution in [0.2, 0.25) is 0 Å². The van der Waals surface area contributed by atoms with E-state index in [2.05, 4.69) is 5.32 Å². The number of anilines is 2. The Labute approximate surface area is 218 Å². The van der Waals surface area contributed by atoms with Gasteiger partial charge in [0, 0.05) is 32.1 Å². The summed E-state index contributed by atoms with van der Waals surface area (Å²) < 4.78 is 37.3. The fourth-order valence-electron chi connectivity index (χ4n) is 5.88. The summed E-state index contributed by atoms with van der Waals surface area (Å²) >= 11 is 0. The number of aromatic hydroxyl groups is 1. The van der Waals surface area contributed by atoms with Crippen LogP contribution in [-0.4, -0.2) is 77.7 Å².